The molecule has 2 N–H and O–H groups in total. The van der Waals surface area contributed by atoms with Gasteiger partial charge in [-0.15, -0.1) is 0 Å². The molecule has 4 heteroatoms. The lowest BCUT2D eigenvalue weighted by Gasteiger charge is -2.36. The van der Waals surface area contributed by atoms with Crippen LogP contribution in [0.1, 0.15) is 57.7 Å². The quantitative estimate of drug-likeness (QED) is 0.841. The van der Waals surface area contributed by atoms with Crippen LogP contribution < -0.4 is 5.73 Å². The average Bonchev–Trinajstić information content (AvgIpc) is 2.76. The highest BCUT2D eigenvalue weighted by Crippen LogP contribution is 2.30. The van der Waals surface area contributed by atoms with Crippen molar-refractivity contribution in [1.82, 2.24) is 9.78 Å². The van der Waals surface area contributed by atoms with E-state index in [-0.39, 0.29) is 5.78 Å². The maximum atomic E-state index is 12.1. The van der Waals surface area contributed by atoms with Gasteiger partial charge in [0.05, 0.1) is 23.7 Å². The molecule has 4 nitrogen and oxygen atoms in total. The second kappa shape index (κ2) is 5.22. The Bertz CT molecular complexity index is 416. The third kappa shape index (κ3) is 2.48. The molecule has 1 aromatic heterocycles. The van der Waals surface area contributed by atoms with Crippen molar-refractivity contribution in [3.05, 3.63) is 18.0 Å². The van der Waals surface area contributed by atoms with Crippen molar-refractivity contribution in [2.45, 2.75) is 64.0 Å². The summed E-state index contributed by atoms with van der Waals surface area (Å²) < 4.78 is 1.98. The van der Waals surface area contributed by atoms with Gasteiger partial charge in [0.1, 0.15) is 0 Å². The lowest BCUT2D eigenvalue weighted by atomic mass is 9.73. The molecule has 18 heavy (non-hydrogen) atoms. The number of Topliss-reactive ketones (excluding diaryl/α,β-unsaturated/α-hetero) is 1. The van der Waals surface area contributed by atoms with Crippen molar-refractivity contribution in [3.8, 4) is 0 Å². The number of aromatic nitrogens is 2. The van der Waals surface area contributed by atoms with Crippen molar-refractivity contribution >= 4 is 5.78 Å². The number of rotatable bonds is 6. The Hall–Kier alpha value is -1.16. The number of hydrogen-bond acceptors (Lipinski definition) is 3. The lowest BCUT2D eigenvalue weighted by molar-refractivity contribution is -0.126. The van der Waals surface area contributed by atoms with E-state index >= 15 is 0 Å². The molecule has 2 rings (SSSR count). The molecule has 0 aromatic carbocycles. The van der Waals surface area contributed by atoms with Gasteiger partial charge in [0.15, 0.2) is 5.78 Å². The van der Waals surface area contributed by atoms with Crippen molar-refractivity contribution < 1.29 is 4.79 Å². The summed E-state index contributed by atoms with van der Waals surface area (Å²) in [5, 5.41) is 4.50. The predicted molar refractivity (Wildman–Crippen MR) is 71.3 cm³/mol. The first-order valence-electron chi connectivity index (χ1n) is 6.95. The van der Waals surface area contributed by atoms with Crippen LogP contribution in [0.3, 0.4) is 0 Å². The van der Waals surface area contributed by atoms with Crippen molar-refractivity contribution in [3.63, 3.8) is 0 Å². The largest absolute Gasteiger partial charge is 0.319 e. The maximum absolute atomic E-state index is 12.1. The van der Waals surface area contributed by atoms with Gasteiger partial charge in [0.25, 0.3) is 0 Å². The van der Waals surface area contributed by atoms with E-state index in [2.05, 4.69) is 18.9 Å². The minimum absolute atomic E-state index is 0.142. The molecule has 0 atom stereocenters. The molecule has 1 aliphatic rings. The number of nitrogens with two attached hydrogens (primary N) is 1. The van der Waals surface area contributed by atoms with Crippen LogP contribution in [0.25, 0.3) is 0 Å². The first-order valence-corrected chi connectivity index (χ1v) is 6.95. The molecule has 1 aromatic rings. The molecule has 0 saturated heterocycles. The molecule has 0 spiro atoms. The average molecular weight is 249 g/mol. The fraction of sp³-hybridized carbons (Fsp3) is 0.714. The fourth-order valence-electron chi connectivity index (χ4n) is 2.51. The highest BCUT2D eigenvalue weighted by Gasteiger charge is 2.39. The maximum Gasteiger partial charge on any atom is 0.158 e. The molecular formula is C14H23N3O. The van der Waals surface area contributed by atoms with Crippen LogP contribution in [0, 0.1) is 0 Å². The van der Waals surface area contributed by atoms with Crippen LogP contribution >= 0.6 is 0 Å². The SMILES string of the molecule is CCC(CC)n1ccc(CC(=O)C2(N)CCC2)n1. The minimum atomic E-state index is -0.557. The summed E-state index contributed by atoms with van der Waals surface area (Å²) in [6.07, 6.45) is 7.22. The molecule has 100 valence electrons. The van der Waals surface area contributed by atoms with E-state index in [1.54, 1.807) is 0 Å². The van der Waals surface area contributed by atoms with E-state index in [1.165, 1.54) is 0 Å². The number of nitrogens with zero attached hydrogens (tertiary/aromatic N) is 2. The number of carbonyl (C=O) groups excluding carboxylic acids is 1. The smallest absolute Gasteiger partial charge is 0.158 e. The molecule has 0 unspecified atom stereocenters. The third-order valence-electron chi connectivity index (χ3n) is 4.12. The van der Waals surface area contributed by atoms with Gasteiger partial charge in [0, 0.05) is 6.20 Å². The monoisotopic (exact) mass is 249 g/mol. The Morgan fingerprint density at radius 1 is 1.50 bits per heavy atom. The molecule has 0 aliphatic heterocycles. The summed E-state index contributed by atoms with van der Waals surface area (Å²) in [4.78, 5) is 12.1. The predicted octanol–water partition coefficient (Wildman–Crippen LogP) is 2.24. The van der Waals surface area contributed by atoms with Crippen LogP contribution in [0.2, 0.25) is 0 Å². The molecular weight excluding hydrogens is 226 g/mol. The fourth-order valence-corrected chi connectivity index (χ4v) is 2.51. The first kappa shape index (κ1) is 13.3. The summed E-state index contributed by atoms with van der Waals surface area (Å²) >= 11 is 0. The van der Waals surface area contributed by atoms with Crippen molar-refractivity contribution in [1.29, 1.82) is 0 Å². The van der Waals surface area contributed by atoms with Gasteiger partial charge < -0.3 is 5.73 Å². The van der Waals surface area contributed by atoms with Crippen LogP contribution in [-0.4, -0.2) is 21.1 Å². The molecule has 1 saturated carbocycles. The second-order valence-electron chi connectivity index (χ2n) is 5.37. The highest BCUT2D eigenvalue weighted by molar-refractivity contribution is 5.90. The van der Waals surface area contributed by atoms with E-state index in [0.717, 1.165) is 37.8 Å². The van der Waals surface area contributed by atoms with E-state index in [4.69, 9.17) is 5.73 Å². The summed E-state index contributed by atoms with van der Waals surface area (Å²) in [5.41, 5.74) is 6.32. The zero-order chi connectivity index (χ0) is 13.2. The van der Waals surface area contributed by atoms with Gasteiger partial charge in [-0.05, 0) is 38.2 Å². The standard InChI is InChI=1S/C14H23N3O/c1-3-12(4-2)17-9-6-11(16-17)10-13(18)14(15)7-5-8-14/h6,9,12H,3-5,7-8,10,15H2,1-2H3. The summed E-state index contributed by atoms with van der Waals surface area (Å²) in [5.74, 6) is 0.142. The Morgan fingerprint density at radius 3 is 2.67 bits per heavy atom. The lowest BCUT2D eigenvalue weighted by Crippen LogP contribution is -2.54. The Morgan fingerprint density at radius 2 is 2.17 bits per heavy atom. The summed E-state index contributed by atoms with van der Waals surface area (Å²) in [6, 6.07) is 2.38. The van der Waals surface area contributed by atoms with Gasteiger partial charge in [0.2, 0.25) is 0 Å². The topological polar surface area (TPSA) is 60.9 Å². The second-order valence-corrected chi connectivity index (χ2v) is 5.37. The van der Waals surface area contributed by atoms with Gasteiger partial charge in [-0.2, -0.15) is 5.10 Å². The van der Waals surface area contributed by atoms with E-state index in [0.29, 0.717) is 12.5 Å². The normalized spacial score (nSPS) is 17.8. The number of carbonyl (C=O) groups is 1. The molecule has 1 aliphatic carbocycles. The van der Waals surface area contributed by atoms with Gasteiger partial charge in [-0.25, -0.2) is 0 Å². The van der Waals surface area contributed by atoms with Crippen LogP contribution in [-0.2, 0) is 11.2 Å². The Kier molecular flexibility index (Phi) is 3.85. The summed E-state index contributed by atoms with van der Waals surface area (Å²) in [6.45, 7) is 4.31. The number of ketones is 1. The highest BCUT2D eigenvalue weighted by atomic mass is 16.1. The Labute approximate surface area is 109 Å². The third-order valence-corrected chi connectivity index (χ3v) is 4.12. The van der Waals surface area contributed by atoms with Crippen molar-refractivity contribution in [2.24, 2.45) is 5.73 Å². The Balaban J connectivity index is 2.00. The molecule has 0 radical (unpaired) electrons. The van der Waals surface area contributed by atoms with E-state index < -0.39 is 5.54 Å². The van der Waals surface area contributed by atoms with Crippen LogP contribution in [0.15, 0.2) is 12.3 Å². The first-order chi connectivity index (χ1) is 8.59. The molecule has 1 fully saturated rings. The number of hydrogen-bond donors (Lipinski definition) is 1. The van der Waals surface area contributed by atoms with Crippen LogP contribution in [0.4, 0.5) is 0 Å². The van der Waals surface area contributed by atoms with Crippen LogP contribution in [0.5, 0.6) is 0 Å². The van der Waals surface area contributed by atoms with E-state index in [1.807, 2.05) is 16.9 Å². The zero-order valence-electron chi connectivity index (χ0n) is 11.4. The minimum Gasteiger partial charge on any atom is -0.319 e. The molecule has 0 bridgehead atoms. The van der Waals surface area contributed by atoms with Gasteiger partial charge >= 0.3 is 0 Å². The molecule has 1 heterocycles. The van der Waals surface area contributed by atoms with E-state index in [9.17, 15) is 4.79 Å². The van der Waals surface area contributed by atoms with Crippen molar-refractivity contribution in [2.75, 3.05) is 0 Å². The zero-order valence-corrected chi connectivity index (χ0v) is 11.4. The summed E-state index contributed by atoms with van der Waals surface area (Å²) in [7, 11) is 0. The van der Waals surface area contributed by atoms with Gasteiger partial charge in [-0.1, -0.05) is 13.8 Å². The molecule has 0 amide bonds. The van der Waals surface area contributed by atoms with Gasteiger partial charge in [-0.3, -0.25) is 9.48 Å².